The molecule has 2 N–H and O–H groups in total. The van der Waals surface area contributed by atoms with Crippen molar-refractivity contribution >= 4 is 34.2 Å². The number of hydrogen-bond donors (Lipinski definition) is 2. The molecule has 1 saturated carbocycles. The number of amides is 3. The summed E-state index contributed by atoms with van der Waals surface area (Å²) in [7, 11) is 0. The van der Waals surface area contributed by atoms with Crippen molar-refractivity contribution < 1.29 is 14.4 Å². The van der Waals surface area contributed by atoms with Crippen LogP contribution in [0.1, 0.15) is 44.6 Å². The number of aromatic nitrogens is 1. The molecular weight excluding hydrogens is 412 g/mol. The standard InChI is InChI=1S/C23H28N4O3S/c1-15(28)24-11-10-16-6-8-17(9-7-16)20-14-31-23(25-20)26-22(30)18-12-21(29)27(13-18)19-4-2-3-5-19/h6-9,14,18-19H,2-5,10-13H2,1H3,(H,24,28)(H,25,26,30)/t18-/m0/s1. The number of nitrogens with one attached hydrogen (secondary N) is 2. The topological polar surface area (TPSA) is 91.4 Å². The van der Waals surface area contributed by atoms with E-state index in [2.05, 4.69) is 15.6 Å². The molecule has 2 fully saturated rings. The van der Waals surface area contributed by atoms with E-state index in [1.54, 1.807) is 0 Å². The van der Waals surface area contributed by atoms with Gasteiger partial charge in [-0.25, -0.2) is 4.98 Å². The summed E-state index contributed by atoms with van der Waals surface area (Å²) in [5, 5.41) is 8.18. The van der Waals surface area contributed by atoms with Crippen molar-refractivity contribution in [2.45, 2.75) is 51.5 Å². The number of nitrogens with zero attached hydrogens (tertiary/aromatic N) is 2. The van der Waals surface area contributed by atoms with E-state index in [0.717, 1.165) is 36.1 Å². The van der Waals surface area contributed by atoms with Gasteiger partial charge in [-0.1, -0.05) is 37.1 Å². The minimum absolute atomic E-state index is 0.0260. The Morgan fingerprint density at radius 3 is 2.65 bits per heavy atom. The van der Waals surface area contributed by atoms with Crippen LogP contribution >= 0.6 is 11.3 Å². The maximum atomic E-state index is 12.7. The molecule has 3 amide bonds. The second kappa shape index (κ2) is 9.60. The predicted molar refractivity (Wildman–Crippen MR) is 121 cm³/mol. The van der Waals surface area contributed by atoms with Crippen LogP contribution < -0.4 is 10.6 Å². The molecule has 1 aliphatic carbocycles. The number of carbonyl (C=O) groups is 3. The van der Waals surface area contributed by atoms with Crippen LogP contribution in [0.4, 0.5) is 5.13 Å². The van der Waals surface area contributed by atoms with Crippen molar-refractivity contribution in [2.75, 3.05) is 18.4 Å². The highest BCUT2D eigenvalue weighted by Crippen LogP contribution is 2.31. The van der Waals surface area contributed by atoms with Gasteiger partial charge in [0, 0.05) is 43.4 Å². The molecule has 2 aromatic rings. The normalized spacial score (nSPS) is 19.1. The average Bonchev–Trinajstić information content (AvgIpc) is 3.49. The largest absolute Gasteiger partial charge is 0.356 e. The van der Waals surface area contributed by atoms with Crippen molar-refractivity contribution in [3.63, 3.8) is 0 Å². The molecular formula is C23H28N4O3S. The van der Waals surface area contributed by atoms with Gasteiger partial charge in [0.2, 0.25) is 17.7 Å². The summed E-state index contributed by atoms with van der Waals surface area (Å²) >= 11 is 1.39. The Morgan fingerprint density at radius 1 is 1.19 bits per heavy atom. The van der Waals surface area contributed by atoms with Gasteiger partial charge in [0.05, 0.1) is 11.6 Å². The van der Waals surface area contributed by atoms with E-state index in [1.807, 2.05) is 34.5 Å². The van der Waals surface area contributed by atoms with Crippen LogP contribution in [0.3, 0.4) is 0 Å². The highest BCUT2D eigenvalue weighted by molar-refractivity contribution is 7.14. The average molecular weight is 441 g/mol. The smallest absolute Gasteiger partial charge is 0.231 e. The fraction of sp³-hybridized carbons (Fsp3) is 0.478. The molecule has 1 aliphatic heterocycles. The van der Waals surface area contributed by atoms with Gasteiger partial charge in [-0.05, 0) is 24.8 Å². The maximum Gasteiger partial charge on any atom is 0.231 e. The van der Waals surface area contributed by atoms with Gasteiger partial charge in [0.15, 0.2) is 5.13 Å². The summed E-state index contributed by atoms with van der Waals surface area (Å²) in [6, 6.07) is 8.36. The van der Waals surface area contributed by atoms with Crippen LogP contribution in [0, 0.1) is 5.92 Å². The molecule has 4 rings (SSSR count). The van der Waals surface area contributed by atoms with Crippen molar-refractivity contribution in [2.24, 2.45) is 5.92 Å². The van der Waals surface area contributed by atoms with Crippen molar-refractivity contribution in [1.29, 1.82) is 0 Å². The van der Waals surface area contributed by atoms with E-state index >= 15 is 0 Å². The quantitative estimate of drug-likeness (QED) is 0.692. The van der Waals surface area contributed by atoms with E-state index in [0.29, 0.717) is 30.7 Å². The molecule has 2 aliphatic rings. The Morgan fingerprint density at radius 2 is 1.94 bits per heavy atom. The Labute approximate surface area is 186 Å². The van der Waals surface area contributed by atoms with Gasteiger partial charge >= 0.3 is 0 Å². The Balaban J connectivity index is 1.32. The number of carbonyl (C=O) groups excluding carboxylic acids is 3. The fourth-order valence-electron chi connectivity index (χ4n) is 4.37. The lowest BCUT2D eigenvalue weighted by atomic mass is 10.1. The molecule has 0 spiro atoms. The third kappa shape index (κ3) is 5.31. The Hall–Kier alpha value is -2.74. The predicted octanol–water partition coefficient (Wildman–Crippen LogP) is 3.22. The molecule has 1 saturated heterocycles. The highest BCUT2D eigenvalue weighted by Gasteiger charge is 2.38. The molecule has 1 atom stereocenters. The molecule has 0 radical (unpaired) electrons. The second-order valence-electron chi connectivity index (χ2n) is 8.34. The van der Waals surface area contributed by atoms with Gasteiger partial charge in [0.1, 0.15) is 0 Å². The zero-order valence-electron chi connectivity index (χ0n) is 17.7. The highest BCUT2D eigenvalue weighted by atomic mass is 32.1. The number of benzene rings is 1. The van der Waals surface area contributed by atoms with Gasteiger partial charge < -0.3 is 15.5 Å². The molecule has 0 bridgehead atoms. The van der Waals surface area contributed by atoms with Gasteiger partial charge in [-0.2, -0.15) is 0 Å². The first-order valence-corrected chi connectivity index (χ1v) is 11.8. The Kier molecular flexibility index (Phi) is 6.65. The minimum atomic E-state index is -0.302. The lowest BCUT2D eigenvalue weighted by Crippen LogP contribution is -2.35. The van der Waals surface area contributed by atoms with Gasteiger partial charge in [-0.15, -0.1) is 11.3 Å². The van der Waals surface area contributed by atoms with Crippen molar-refractivity contribution in [3.05, 3.63) is 35.2 Å². The number of rotatable bonds is 7. The molecule has 0 unspecified atom stereocenters. The summed E-state index contributed by atoms with van der Waals surface area (Å²) in [5.74, 6) is -0.348. The summed E-state index contributed by atoms with van der Waals surface area (Å²) in [5.41, 5.74) is 2.92. The van der Waals surface area contributed by atoms with Gasteiger partial charge in [-0.3, -0.25) is 14.4 Å². The summed E-state index contributed by atoms with van der Waals surface area (Å²) in [6.45, 7) is 2.65. The van der Waals surface area contributed by atoms with E-state index < -0.39 is 0 Å². The number of anilines is 1. The molecule has 164 valence electrons. The van der Waals surface area contributed by atoms with Crippen LogP contribution in [0.15, 0.2) is 29.6 Å². The first-order chi connectivity index (χ1) is 15.0. The zero-order valence-corrected chi connectivity index (χ0v) is 18.5. The first kappa shape index (κ1) is 21.5. The first-order valence-electron chi connectivity index (χ1n) is 10.9. The van der Waals surface area contributed by atoms with E-state index in [-0.39, 0.29) is 23.6 Å². The molecule has 31 heavy (non-hydrogen) atoms. The molecule has 1 aromatic carbocycles. The lowest BCUT2D eigenvalue weighted by molar-refractivity contribution is -0.130. The van der Waals surface area contributed by atoms with Crippen LogP contribution in [0.25, 0.3) is 11.3 Å². The summed E-state index contributed by atoms with van der Waals surface area (Å²) < 4.78 is 0. The summed E-state index contributed by atoms with van der Waals surface area (Å²) in [4.78, 5) is 42.5. The van der Waals surface area contributed by atoms with Crippen LogP contribution in [0.2, 0.25) is 0 Å². The molecule has 1 aromatic heterocycles. The molecule has 2 heterocycles. The fourth-order valence-corrected chi connectivity index (χ4v) is 5.09. The van der Waals surface area contributed by atoms with Crippen LogP contribution in [-0.2, 0) is 20.8 Å². The van der Waals surface area contributed by atoms with E-state index in [9.17, 15) is 14.4 Å². The Bertz CT molecular complexity index is 950. The van der Waals surface area contributed by atoms with Crippen LogP contribution in [-0.4, -0.2) is 46.7 Å². The minimum Gasteiger partial charge on any atom is -0.356 e. The van der Waals surface area contributed by atoms with Crippen molar-refractivity contribution in [3.8, 4) is 11.3 Å². The monoisotopic (exact) mass is 440 g/mol. The number of hydrogen-bond acceptors (Lipinski definition) is 5. The second-order valence-corrected chi connectivity index (χ2v) is 9.20. The van der Waals surface area contributed by atoms with Crippen LogP contribution in [0.5, 0.6) is 0 Å². The molecule has 8 heteroatoms. The third-order valence-corrected chi connectivity index (χ3v) is 6.82. The van der Waals surface area contributed by atoms with E-state index in [1.165, 1.54) is 31.1 Å². The van der Waals surface area contributed by atoms with Crippen molar-refractivity contribution in [1.82, 2.24) is 15.2 Å². The molecule has 7 nitrogen and oxygen atoms in total. The number of likely N-dealkylation sites (tertiary alicyclic amines) is 1. The lowest BCUT2D eigenvalue weighted by Gasteiger charge is -2.23. The summed E-state index contributed by atoms with van der Waals surface area (Å²) in [6.07, 6.45) is 5.52. The third-order valence-electron chi connectivity index (χ3n) is 6.07. The SMILES string of the molecule is CC(=O)NCCc1ccc(-c2csc(NC(=O)[C@H]3CC(=O)N(C4CCCC4)C3)n2)cc1. The number of thiazole rings is 1. The van der Waals surface area contributed by atoms with E-state index in [4.69, 9.17) is 0 Å². The van der Waals surface area contributed by atoms with Gasteiger partial charge in [0.25, 0.3) is 0 Å². The zero-order chi connectivity index (χ0) is 21.8. The maximum absolute atomic E-state index is 12.7.